The summed E-state index contributed by atoms with van der Waals surface area (Å²) in [5.74, 6) is 0.279. The van der Waals surface area contributed by atoms with Crippen LogP contribution < -0.4 is 20.4 Å². The summed E-state index contributed by atoms with van der Waals surface area (Å²) in [6, 6.07) is 36.2. The van der Waals surface area contributed by atoms with Crippen LogP contribution in [0.1, 0.15) is 17.3 Å². The summed E-state index contributed by atoms with van der Waals surface area (Å²) in [6.07, 6.45) is 1.24. The van der Waals surface area contributed by atoms with E-state index in [4.69, 9.17) is 28.6 Å². The van der Waals surface area contributed by atoms with Gasteiger partial charge in [-0.1, -0.05) is 103 Å². The lowest BCUT2D eigenvalue weighted by atomic mass is 9.98. The standard InChI is InChI=1S/C34H30Cl2N6/c1-40-29(36)20-28(35)38-34(40)39-32(37)21-16-18-22(19-17-21)33-41(2)30-26-14-8-6-12-24(26)25-13-7-9-15-27(25)31(30)42(33)23-10-4-3-5-11-23/h3-20,29,33-34,38H,1-2H3,(H2,37,39). The van der Waals surface area contributed by atoms with Gasteiger partial charge in [0.05, 0.1) is 11.4 Å². The number of alkyl halides is 1. The number of rotatable bonds is 4. The van der Waals surface area contributed by atoms with Gasteiger partial charge < -0.3 is 20.4 Å². The number of nitrogens with zero attached hydrogens (tertiary/aromatic N) is 3. The molecule has 42 heavy (non-hydrogen) atoms. The summed E-state index contributed by atoms with van der Waals surface area (Å²) in [4.78, 5) is 6.69. The molecule has 7 rings (SSSR count). The number of benzene rings is 5. The van der Waals surface area contributed by atoms with Crippen LogP contribution in [0.15, 0.2) is 114 Å². The molecule has 5 aromatic carbocycles. The lowest BCUT2D eigenvalue weighted by Crippen LogP contribution is -2.58. The maximum atomic E-state index is 8.76. The minimum Gasteiger partial charge on any atom is -0.348 e. The third kappa shape index (κ3) is 4.34. The second kappa shape index (κ2) is 10.6. The molecule has 0 aromatic heterocycles. The monoisotopic (exact) mass is 592 g/mol. The first kappa shape index (κ1) is 26.7. The van der Waals surface area contributed by atoms with Crippen molar-refractivity contribution in [3.63, 3.8) is 0 Å². The van der Waals surface area contributed by atoms with Crippen molar-refractivity contribution in [3.8, 4) is 0 Å². The Morgan fingerprint density at radius 1 is 0.762 bits per heavy atom. The average molecular weight is 594 g/mol. The number of fused-ring (bicyclic) bond motifs is 6. The fourth-order valence-corrected chi connectivity index (χ4v) is 6.72. The molecule has 0 radical (unpaired) electrons. The van der Waals surface area contributed by atoms with Gasteiger partial charge in [0.25, 0.3) is 0 Å². The number of halogens is 2. The summed E-state index contributed by atoms with van der Waals surface area (Å²) < 4.78 is 0. The third-order valence-corrected chi connectivity index (χ3v) is 8.92. The van der Waals surface area contributed by atoms with Crippen molar-refractivity contribution in [2.45, 2.75) is 18.0 Å². The van der Waals surface area contributed by atoms with Crippen LogP contribution in [0.4, 0.5) is 17.1 Å². The van der Waals surface area contributed by atoms with Crippen LogP contribution in [0.5, 0.6) is 0 Å². The summed E-state index contributed by atoms with van der Waals surface area (Å²) in [5.41, 5.74) is 5.06. The first-order valence-electron chi connectivity index (χ1n) is 13.9. The topological polar surface area (TPSA) is 57.6 Å². The lowest BCUT2D eigenvalue weighted by Gasteiger charge is -2.36. The number of para-hydroxylation sites is 1. The normalized spacial score (nSPS) is 20.4. The van der Waals surface area contributed by atoms with Crippen molar-refractivity contribution in [2.24, 2.45) is 0 Å². The van der Waals surface area contributed by atoms with Crippen LogP contribution in [-0.4, -0.2) is 36.6 Å². The molecule has 3 N–H and O–H groups in total. The first-order chi connectivity index (χ1) is 20.4. The van der Waals surface area contributed by atoms with Crippen molar-refractivity contribution in [1.82, 2.24) is 15.5 Å². The van der Waals surface area contributed by atoms with E-state index >= 15 is 0 Å². The van der Waals surface area contributed by atoms with E-state index in [0.717, 1.165) is 16.8 Å². The molecule has 0 saturated heterocycles. The first-order valence-corrected chi connectivity index (χ1v) is 14.7. The Kier molecular flexibility index (Phi) is 6.70. The van der Waals surface area contributed by atoms with E-state index in [9.17, 15) is 0 Å². The average Bonchev–Trinajstić information content (AvgIpc) is 3.33. The highest BCUT2D eigenvalue weighted by Gasteiger charge is 2.38. The Balaban J connectivity index is 1.30. The zero-order valence-electron chi connectivity index (χ0n) is 23.2. The van der Waals surface area contributed by atoms with E-state index in [0.29, 0.717) is 5.16 Å². The van der Waals surface area contributed by atoms with Gasteiger partial charge in [0, 0.05) is 29.1 Å². The third-order valence-electron chi connectivity index (χ3n) is 8.25. The van der Waals surface area contributed by atoms with Crippen LogP contribution in [0, 0.1) is 5.41 Å². The summed E-state index contributed by atoms with van der Waals surface area (Å²) in [6.45, 7) is 0. The molecule has 210 valence electrons. The van der Waals surface area contributed by atoms with E-state index in [1.165, 1.54) is 32.9 Å². The quantitative estimate of drug-likeness (QED) is 0.0657. The molecule has 3 unspecified atom stereocenters. The van der Waals surface area contributed by atoms with Gasteiger partial charge in [-0.25, -0.2) is 4.90 Å². The number of amidine groups is 1. The van der Waals surface area contributed by atoms with Crippen LogP contribution in [0.25, 0.3) is 21.5 Å². The molecular formula is C34H30Cl2N6. The molecule has 0 fully saturated rings. The molecule has 5 aromatic rings. The Morgan fingerprint density at radius 3 is 1.98 bits per heavy atom. The van der Waals surface area contributed by atoms with Gasteiger partial charge in [0.15, 0.2) is 6.29 Å². The molecule has 3 atom stereocenters. The number of hydrogen-bond acceptors (Lipinski definition) is 5. The number of anilines is 3. The van der Waals surface area contributed by atoms with Crippen molar-refractivity contribution in [2.75, 3.05) is 23.9 Å². The number of likely N-dealkylation sites (N-methyl/N-ethyl adjacent to an activating group) is 1. The van der Waals surface area contributed by atoms with Crippen LogP contribution in [-0.2, 0) is 0 Å². The lowest BCUT2D eigenvalue weighted by molar-refractivity contribution is 0.192. The molecule has 2 heterocycles. The van der Waals surface area contributed by atoms with Crippen molar-refractivity contribution in [1.29, 1.82) is 5.41 Å². The second-order valence-corrected chi connectivity index (χ2v) is 11.6. The van der Waals surface area contributed by atoms with Crippen LogP contribution in [0.3, 0.4) is 0 Å². The molecule has 2 aliphatic rings. The predicted octanol–water partition coefficient (Wildman–Crippen LogP) is 7.66. The minimum absolute atomic E-state index is 0.0834. The Hall–Kier alpha value is -4.23. The molecule has 6 nitrogen and oxygen atoms in total. The van der Waals surface area contributed by atoms with Crippen LogP contribution in [0.2, 0.25) is 0 Å². The Morgan fingerprint density at radius 2 is 1.33 bits per heavy atom. The van der Waals surface area contributed by atoms with Gasteiger partial charge >= 0.3 is 0 Å². The van der Waals surface area contributed by atoms with E-state index in [1.54, 1.807) is 6.08 Å². The largest absolute Gasteiger partial charge is 0.348 e. The maximum Gasteiger partial charge on any atom is 0.158 e. The van der Waals surface area contributed by atoms with Gasteiger partial charge in [-0.3, -0.25) is 5.41 Å². The highest BCUT2D eigenvalue weighted by molar-refractivity contribution is 6.30. The van der Waals surface area contributed by atoms with Gasteiger partial charge in [-0.15, -0.1) is 11.6 Å². The molecule has 0 aliphatic carbocycles. The number of hydrogen-bond donors (Lipinski definition) is 3. The zero-order chi connectivity index (χ0) is 29.0. The molecule has 0 amide bonds. The van der Waals surface area contributed by atoms with E-state index in [1.807, 2.05) is 24.1 Å². The zero-order valence-corrected chi connectivity index (χ0v) is 24.7. The predicted molar refractivity (Wildman–Crippen MR) is 176 cm³/mol. The molecular weight excluding hydrogens is 563 g/mol. The van der Waals surface area contributed by atoms with E-state index < -0.39 is 6.29 Å². The molecule has 0 spiro atoms. The van der Waals surface area contributed by atoms with Gasteiger partial charge in [-0.05, 0) is 41.6 Å². The Bertz CT molecular complexity index is 1840. The SMILES string of the molecule is CN1c2c(c3ccccc3c3ccccc23)N(c2ccccc2)C1c1ccc(C(=N)NC2NC(Cl)=CC(Cl)N2C)cc1. The highest BCUT2D eigenvalue weighted by Crippen LogP contribution is 2.55. The molecule has 0 saturated carbocycles. The highest BCUT2D eigenvalue weighted by atomic mass is 35.5. The summed E-state index contributed by atoms with van der Waals surface area (Å²) in [5, 5.41) is 20.5. The van der Waals surface area contributed by atoms with Crippen molar-refractivity contribution in [3.05, 3.63) is 125 Å². The molecule has 0 bridgehead atoms. The van der Waals surface area contributed by atoms with Gasteiger partial charge in [0.2, 0.25) is 0 Å². The Labute approximate surface area is 255 Å². The van der Waals surface area contributed by atoms with Gasteiger partial charge in [0.1, 0.15) is 22.7 Å². The van der Waals surface area contributed by atoms with Crippen LogP contribution >= 0.6 is 23.2 Å². The second-order valence-electron chi connectivity index (χ2n) is 10.7. The van der Waals surface area contributed by atoms with E-state index in [-0.39, 0.29) is 17.5 Å². The van der Waals surface area contributed by atoms with Crippen molar-refractivity contribution >= 4 is 67.6 Å². The molecule has 8 heteroatoms. The maximum absolute atomic E-state index is 8.76. The minimum atomic E-state index is -0.400. The number of nitrogens with one attached hydrogen (secondary N) is 3. The fraction of sp³-hybridized carbons (Fsp3) is 0.147. The smallest absolute Gasteiger partial charge is 0.158 e. The van der Waals surface area contributed by atoms with Gasteiger partial charge in [-0.2, -0.15) is 0 Å². The van der Waals surface area contributed by atoms with Crippen molar-refractivity contribution < 1.29 is 0 Å². The summed E-state index contributed by atoms with van der Waals surface area (Å²) in [7, 11) is 4.05. The summed E-state index contributed by atoms with van der Waals surface area (Å²) >= 11 is 12.6. The van der Waals surface area contributed by atoms with E-state index in [2.05, 4.69) is 118 Å². The molecule has 2 aliphatic heterocycles. The fourth-order valence-electron chi connectivity index (χ4n) is 6.20.